The number of thioether (sulfide) groups is 1. The van der Waals surface area contributed by atoms with Crippen LogP contribution < -0.4 is 10.1 Å². The van der Waals surface area contributed by atoms with E-state index in [-0.39, 0.29) is 11.9 Å². The van der Waals surface area contributed by atoms with Crippen LogP contribution in [0.4, 0.5) is 0 Å². The molecule has 0 spiro atoms. The molecular formula is C29H32N4O2S. The second kappa shape index (κ2) is 11.2. The van der Waals surface area contributed by atoms with Gasteiger partial charge < -0.3 is 14.6 Å². The molecule has 7 heteroatoms. The minimum atomic E-state index is 0.0283. The van der Waals surface area contributed by atoms with Crippen molar-refractivity contribution in [3.63, 3.8) is 0 Å². The minimum absolute atomic E-state index is 0.0283. The van der Waals surface area contributed by atoms with Crippen molar-refractivity contribution in [3.8, 4) is 5.75 Å². The highest BCUT2D eigenvalue weighted by Crippen LogP contribution is 2.28. The van der Waals surface area contributed by atoms with E-state index in [1.54, 1.807) is 25.1 Å². The summed E-state index contributed by atoms with van der Waals surface area (Å²) in [6.07, 6.45) is 8.38. The highest BCUT2D eigenvalue weighted by atomic mass is 32.2. The Morgan fingerprint density at radius 3 is 2.75 bits per heavy atom. The molecule has 0 radical (unpaired) electrons. The van der Waals surface area contributed by atoms with Gasteiger partial charge in [-0.1, -0.05) is 55.8 Å². The van der Waals surface area contributed by atoms with E-state index in [4.69, 9.17) is 9.72 Å². The number of nitrogens with one attached hydrogen (secondary N) is 1. The van der Waals surface area contributed by atoms with E-state index >= 15 is 0 Å². The number of carbonyl (C=O) groups excluding carboxylic acids is 1. The number of rotatable bonds is 8. The van der Waals surface area contributed by atoms with Crippen molar-refractivity contribution in [2.24, 2.45) is 5.92 Å². The fourth-order valence-electron chi connectivity index (χ4n) is 4.85. The van der Waals surface area contributed by atoms with Gasteiger partial charge in [0.15, 0.2) is 5.16 Å². The Labute approximate surface area is 216 Å². The molecule has 1 aliphatic rings. The van der Waals surface area contributed by atoms with Gasteiger partial charge in [0.1, 0.15) is 5.75 Å². The molecule has 1 aliphatic carbocycles. The minimum Gasteiger partial charge on any atom is -0.497 e. The molecule has 5 rings (SSSR count). The third-order valence-corrected chi connectivity index (χ3v) is 8.05. The number of methoxy groups -OCH3 is 1. The van der Waals surface area contributed by atoms with Crippen LogP contribution in [0.5, 0.6) is 5.75 Å². The van der Waals surface area contributed by atoms with Gasteiger partial charge in [-0.3, -0.25) is 9.78 Å². The zero-order valence-corrected chi connectivity index (χ0v) is 21.6. The van der Waals surface area contributed by atoms with E-state index in [9.17, 15) is 4.79 Å². The Morgan fingerprint density at radius 2 is 1.94 bits per heavy atom. The third-order valence-electron chi connectivity index (χ3n) is 7.00. The third kappa shape index (κ3) is 5.57. The zero-order valence-electron chi connectivity index (χ0n) is 20.8. The molecule has 186 valence electrons. The van der Waals surface area contributed by atoms with E-state index in [2.05, 4.69) is 33.9 Å². The summed E-state index contributed by atoms with van der Waals surface area (Å²) < 4.78 is 7.60. The van der Waals surface area contributed by atoms with Gasteiger partial charge in [-0.05, 0) is 60.2 Å². The molecule has 1 N–H and O–H groups in total. The van der Waals surface area contributed by atoms with Crippen LogP contribution in [0.3, 0.4) is 0 Å². The van der Waals surface area contributed by atoms with Crippen LogP contribution in [-0.4, -0.2) is 33.6 Å². The molecule has 0 aliphatic heterocycles. The van der Waals surface area contributed by atoms with Crippen molar-refractivity contribution < 1.29 is 9.53 Å². The average Bonchev–Trinajstić information content (AvgIpc) is 3.26. The Kier molecular flexibility index (Phi) is 7.56. The molecule has 1 saturated carbocycles. The molecule has 2 atom stereocenters. The number of imidazole rings is 1. The summed E-state index contributed by atoms with van der Waals surface area (Å²) in [7, 11) is 1.68. The van der Waals surface area contributed by atoms with Crippen molar-refractivity contribution in [1.29, 1.82) is 0 Å². The van der Waals surface area contributed by atoms with Crippen molar-refractivity contribution in [1.82, 2.24) is 19.9 Å². The predicted molar refractivity (Wildman–Crippen MR) is 145 cm³/mol. The second-order valence-corrected chi connectivity index (χ2v) is 10.5. The van der Waals surface area contributed by atoms with Gasteiger partial charge in [-0.15, -0.1) is 0 Å². The molecule has 2 aromatic carbocycles. The van der Waals surface area contributed by atoms with Crippen LogP contribution in [0.25, 0.3) is 11.0 Å². The number of benzene rings is 2. The Balaban J connectivity index is 1.28. The maximum atomic E-state index is 12.8. The van der Waals surface area contributed by atoms with Gasteiger partial charge >= 0.3 is 0 Å². The summed E-state index contributed by atoms with van der Waals surface area (Å²) in [5, 5.41) is 4.18. The normalized spacial score (nSPS) is 17.7. The lowest BCUT2D eigenvalue weighted by Gasteiger charge is -2.29. The molecule has 6 nitrogen and oxygen atoms in total. The number of hydrogen-bond donors (Lipinski definition) is 1. The fraction of sp³-hybridized carbons (Fsp3) is 0.345. The summed E-state index contributed by atoms with van der Waals surface area (Å²) in [6.45, 7) is 2.92. The van der Waals surface area contributed by atoms with Crippen LogP contribution in [0.15, 0.2) is 72.1 Å². The monoisotopic (exact) mass is 500 g/mol. The molecule has 1 amide bonds. The van der Waals surface area contributed by atoms with Gasteiger partial charge in [0.05, 0.1) is 30.9 Å². The summed E-state index contributed by atoms with van der Waals surface area (Å²) >= 11 is 1.69. The number of aromatic nitrogens is 3. The first kappa shape index (κ1) is 24.4. The molecule has 0 saturated heterocycles. The standard InChI is InChI=1S/C29H32N4O2S/c1-20-6-3-4-9-25(20)31-28(34)23-12-10-21(11-13-23)19-36-29-32-26-14-15-30-17-27(26)33(29)18-22-7-5-8-24(16-22)35-2/h5,7-8,10-17,20,25H,3-4,6,9,18-19H2,1-2H3,(H,31,34)/t20-,25-/m1/s1. The molecule has 36 heavy (non-hydrogen) atoms. The highest BCUT2D eigenvalue weighted by Gasteiger charge is 2.23. The lowest BCUT2D eigenvalue weighted by molar-refractivity contribution is 0.0910. The maximum Gasteiger partial charge on any atom is 0.251 e. The lowest BCUT2D eigenvalue weighted by Crippen LogP contribution is -2.41. The van der Waals surface area contributed by atoms with Gasteiger partial charge in [0.2, 0.25) is 0 Å². The number of nitrogens with zero attached hydrogens (tertiary/aromatic N) is 3. The van der Waals surface area contributed by atoms with Crippen molar-refractivity contribution in [2.75, 3.05) is 7.11 Å². The van der Waals surface area contributed by atoms with Crippen LogP contribution in [0, 0.1) is 5.92 Å². The highest BCUT2D eigenvalue weighted by molar-refractivity contribution is 7.98. The van der Waals surface area contributed by atoms with Crippen LogP contribution >= 0.6 is 11.8 Å². The van der Waals surface area contributed by atoms with Crippen LogP contribution in [0.1, 0.15) is 54.1 Å². The smallest absolute Gasteiger partial charge is 0.251 e. The van der Waals surface area contributed by atoms with Crippen LogP contribution in [-0.2, 0) is 12.3 Å². The van der Waals surface area contributed by atoms with E-state index in [1.165, 1.54) is 19.3 Å². The van der Waals surface area contributed by atoms with Gasteiger partial charge in [-0.2, -0.15) is 0 Å². The first-order valence-corrected chi connectivity index (χ1v) is 13.5. The number of fused-ring (bicyclic) bond motifs is 1. The van der Waals surface area contributed by atoms with Crippen molar-refractivity contribution in [3.05, 3.63) is 83.7 Å². The fourth-order valence-corrected chi connectivity index (χ4v) is 5.82. The molecule has 0 bridgehead atoms. The summed E-state index contributed by atoms with van der Waals surface area (Å²) in [4.78, 5) is 22.0. The quantitative estimate of drug-likeness (QED) is 0.297. The Morgan fingerprint density at radius 1 is 1.11 bits per heavy atom. The number of carbonyl (C=O) groups is 1. The van der Waals surface area contributed by atoms with E-state index < -0.39 is 0 Å². The van der Waals surface area contributed by atoms with E-state index in [1.807, 2.05) is 48.7 Å². The van der Waals surface area contributed by atoms with E-state index in [0.717, 1.165) is 50.8 Å². The average molecular weight is 501 g/mol. The largest absolute Gasteiger partial charge is 0.497 e. The first-order valence-electron chi connectivity index (χ1n) is 12.6. The molecular weight excluding hydrogens is 468 g/mol. The number of pyridine rings is 1. The summed E-state index contributed by atoms with van der Waals surface area (Å²) in [5.41, 5.74) is 4.95. The predicted octanol–water partition coefficient (Wildman–Crippen LogP) is 6.09. The molecule has 2 aromatic heterocycles. The lowest BCUT2D eigenvalue weighted by atomic mass is 9.86. The first-order chi connectivity index (χ1) is 17.6. The molecule has 2 heterocycles. The van der Waals surface area contributed by atoms with Gasteiger partial charge in [0.25, 0.3) is 5.91 Å². The van der Waals surface area contributed by atoms with Crippen molar-refractivity contribution >= 4 is 28.7 Å². The Hall–Kier alpha value is -3.32. The summed E-state index contributed by atoms with van der Waals surface area (Å²) in [5.74, 6) is 2.17. The molecule has 0 unspecified atom stereocenters. The Bertz CT molecular complexity index is 1330. The molecule has 1 fully saturated rings. The number of amides is 1. The van der Waals surface area contributed by atoms with E-state index in [0.29, 0.717) is 12.5 Å². The van der Waals surface area contributed by atoms with Crippen LogP contribution in [0.2, 0.25) is 0 Å². The SMILES string of the molecule is COc1cccc(Cn2c(SCc3ccc(C(=O)N[C@@H]4CCCC[C@H]4C)cc3)nc3ccncc32)c1. The maximum absolute atomic E-state index is 12.8. The summed E-state index contributed by atoms with van der Waals surface area (Å²) in [6, 6.07) is 18.3. The van der Waals surface area contributed by atoms with Gasteiger partial charge in [0, 0.05) is 23.6 Å². The van der Waals surface area contributed by atoms with Crippen molar-refractivity contribution in [2.45, 2.75) is 56.1 Å². The number of hydrogen-bond acceptors (Lipinski definition) is 5. The topological polar surface area (TPSA) is 69.0 Å². The second-order valence-electron chi connectivity index (χ2n) is 9.52. The number of ether oxygens (including phenoxy) is 1. The van der Waals surface area contributed by atoms with Gasteiger partial charge in [-0.25, -0.2) is 4.98 Å². The molecule has 4 aromatic rings. The zero-order chi connectivity index (χ0) is 24.9.